The van der Waals surface area contributed by atoms with Gasteiger partial charge in [-0.3, -0.25) is 9.82 Å². The number of aromatic nitrogens is 2. The summed E-state index contributed by atoms with van der Waals surface area (Å²) in [5.41, 5.74) is 1.16. The summed E-state index contributed by atoms with van der Waals surface area (Å²) in [6.45, 7) is 0. The maximum absolute atomic E-state index is 10.7. The summed E-state index contributed by atoms with van der Waals surface area (Å²) in [6, 6.07) is 4.97. The fourth-order valence-electron chi connectivity index (χ4n) is 1.16. The molecule has 0 aliphatic carbocycles. The van der Waals surface area contributed by atoms with Crippen LogP contribution in [0.2, 0.25) is 0 Å². The first-order valence-corrected chi connectivity index (χ1v) is 5.33. The Balaban J connectivity index is 2.44. The highest BCUT2D eigenvalue weighted by molar-refractivity contribution is 7.90. The molecule has 0 saturated heterocycles. The molecule has 0 atom stereocenters. The van der Waals surface area contributed by atoms with Crippen molar-refractivity contribution in [3.8, 4) is 0 Å². The SMILES string of the molecule is NS(=O)(=O)Nc1ccc2cn[nH]c2c1. The lowest BCUT2D eigenvalue weighted by Crippen LogP contribution is -2.21. The topological polar surface area (TPSA) is 101 Å². The lowest BCUT2D eigenvalue weighted by atomic mass is 10.2. The molecule has 0 unspecified atom stereocenters. The van der Waals surface area contributed by atoms with E-state index in [1.165, 1.54) is 0 Å². The van der Waals surface area contributed by atoms with Gasteiger partial charge in [0.05, 0.1) is 17.4 Å². The Bertz CT molecular complexity index is 560. The summed E-state index contributed by atoms with van der Waals surface area (Å²) < 4.78 is 23.6. The minimum absolute atomic E-state index is 0.407. The van der Waals surface area contributed by atoms with Crippen LogP contribution >= 0.6 is 0 Å². The van der Waals surface area contributed by atoms with Gasteiger partial charge < -0.3 is 0 Å². The average Bonchev–Trinajstić information content (AvgIpc) is 2.47. The van der Waals surface area contributed by atoms with Crippen LogP contribution in [0.25, 0.3) is 10.9 Å². The molecule has 2 rings (SSSR count). The molecule has 2 aromatic rings. The van der Waals surface area contributed by atoms with Crippen molar-refractivity contribution in [2.45, 2.75) is 0 Å². The number of benzene rings is 1. The number of rotatable bonds is 2. The number of nitrogens with zero attached hydrogens (tertiary/aromatic N) is 1. The molecule has 14 heavy (non-hydrogen) atoms. The van der Waals surface area contributed by atoms with E-state index < -0.39 is 10.2 Å². The average molecular weight is 212 g/mol. The van der Waals surface area contributed by atoms with Gasteiger partial charge in [0, 0.05) is 5.39 Å². The summed E-state index contributed by atoms with van der Waals surface area (Å²) in [6.07, 6.45) is 1.65. The first-order valence-electron chi connectivity index (χ1n) is 3.78. The van der Waals surface area contributed by atoms with E-state index in [9.17, 15) is 8.42 Å². The number of hydrogen-bond acceptors (Lipinski definition) is 3. The Morgan fingerprint density at radius 2 is 2.21 bits per heavy atom. The largest absolute Gasteiger partial charge is 0.296 e. The quantitative estimate of drug-likeness (QED) is 0.661. The van der Waals surface area contributed by atoms with Crippen LogP contribution in [0.5, 0.6) is 0 Å². The first-order chi connectivity index (χ1) is 6.54. The van der Waals surface area contributed by atoms with Gasteiger partial charge in [-0.1, -0.05) is 0 Å². The van der Waals surface area contributed by atoms with E-state index >= 15 is 0 Å². The van der Waals surface area contributed by atoms with Gasteiger partial charge in [0.1, 0.15) is 0 Å². The molecule has 6 nitrogen and oxygen atoms in total. The van der Waals surface area contributed by atoms with E-state index in [1.54, 1.807) is 24.4 Å². The maximum atomic E-state index is 10.7. The van der Waals surface area contributed by atoms with Crippen LogP contribution in [0.15, 0.2) is 24.4 Å². The van der Waals surface area contributed by atoms with E-state index in [4.69, 9.17) is 5.14 Å². The number of anilines is 1. The van der Waals surface area contributed by atoms with E-state index in [-0.39, 0.29) is 0 Å². The molecule has 0 aliphatic heterocycles. The molecule has 0 bridgehead atoms. The summed E-state index contributed by atoms with van der Waals surface area (Å²) >= 11 is 0. The highest BCUT2D eigenvalue weighted by Gasteiger charge is 2.03. The minimum atomic E-state index is -3.71. The molecule has 7 heteroatoms. The second kappa shape index (κ2) is 2.96. The van der Waals surface area contributed by atoms with Crippen LogP contribution < -0.4 is 9.86 Å². The highest BCUT2D eigenvalue weighted by atomic mass is 32.2. The van der Waals surface area contributed by atoms with Gasteiger partial charge >= 0.3 is 0 Å². The predicted molar refractivity (Wildman–Crippen MR) is 52.8 cm³/mol. The molecule has 0 saturated carbocycles. The van der Waals surface area contributed by atoms with Crippen molar-refractivity contribution in [2.24, 2.45) is 5.14 Å². The third-order valence-electron chi connectivity index (χ3n) is 1.70. The van der Waals surface area contributed by atoms with Crippen LogP contribution in [0.4, 0.5) is 5.69 Å². The van der Waals surface area contributed by atoms with Crippen molar-refractivity contribution >= 4 is 26.8 Å². The summed E-state index contributed by atoms with van der Waals surface area (Å²) in [5.74, 6) is 0. The van der Waals surface area contributed by atoms with E-state index in [0.29, 0.717) is 5.69 Å². The van der Waals surface area contributed by atoms with Gasteiger partial charge in [-0.05, 0) is 18.2 Å². The molecule has 0 radical (unpaired) electrons. The monoisotopic (exact) mass is 212 g/mol. The standard InChI is InChI=1S/C7H8N4O2S/c8-14(12,13)11-6-2-1-5-4-9-10-7(5)3-6/h1-4,11H,(H,9,10)(H2,8,12,13). The van der Waals surface area contributed by atoms with Crippen LogP contribution in [-0.4, -0.2) is 18.6 Å². The van der Waals surface area contributed by atoms with Gasteiger partial charge in [0.25, 0.3) is 10.2 Å². The normalized spacial score (nSPS) is 11.8. The molecule has 1 heterocycles. The number of aromatic amines is 1. The maximum Gasteiger partial charge on any atom is 0.296 e. The molecule has 0 amide bonds. The number of nitrogens with two attached hydrogens (primary N) is 1. The lowest BCUT2D eigenvalue weighted by Gasteiger charge is -2.02. The molecule has 1 aromatic heterocycles. The van der Waals surface area contributed by atoms with Gasteiger partial charge in [-0.2, -0.15) is 13.5 Å². The molecule has 0 aliphatic rings. The molecule has 0 spiro atoms. The predicted octanol–water partition coefficient (Wildman–Crippen LogP) is 0.178. The van der Waals surface area contributed by atoms with E-state index in [0.717, 1.165) is 10.9 Å². The second-order valence-electron chi connectivity index (χ2n) is 2.82. The molecule has 0 fully saturated rings. The Morgan fingerprint density at radius 1 is 1.43 bits per heavy atom. The van der Waals surface area contributed by atoms with Crippen molar-refractivity contribution in [2.75, 3.05) is 4.72 Å². The van der Waals surface area contributed by atoms with Crippen LogP contribution in [0.3, 0.4) is 0 Å². The van der Waals surface area contributed by atoms with Crippen molar-refractivity contribution in [1.29, 1.82) is 0 Å². The summed E-state index contributed by atoms with van der Waals surface area (Å²) in [5, 5.41) is 12.3. The molecule has 4 N–H and O–H groups in total. The smallest absolute Gasteiger partial charge is 0.278 e. The number of fused-ring (bicyclic) bond motifs is 1. The molecule has 1 aromatic carbocycles. The minimum Gasteiger partial charge on any atom is -0.278 e. The van der Waals surface area contributed by atoms with Crippen molar-refractivity contribution in [3.05, 3.63) is 24.4 Å². The highest BCUT2D eigenvalue weighted by Crippen LogP contribution is 2.16. The number of hydrogen-bond donors (Lipinski definition) is 3. The van der Waals surface area contributed by atoms with Crippen LogP contribution in [0.1, 0.15) is 0 Å². The second-order valence-corrected chi connectivity index (χ2v) is 4.11. The fraction of sp³-hybridized carbons (Fsp3) is 0. The third-order valence-corrected chi connectivity index (χ3v) is 2.22. The zero-order valence-corrected chi connectivity index (χ0v) is 7.88. The summed E-state index contributed by atoms with van der Waals surface area (Å²) in [7, 11) is -3.71. The zero-order chi connectivity index (χ0) is 10.2. The Morgan fingerprint density at radius 3 is 2.93 bits per heavy atom. The first kappa shape index (κ1) is 8.97. The zero-order valence-electron chi connectivity index (χ0n) is 7.06. The van der Waals surface area contributed by atoms with Crippen LogP contribution in [0, 0.1) is 0 Å². The van der Waals surface area contributed by atoms with Crippen molar-refractivity contribution < 1.29 is 8.42 Å². The van der Waals surface area contributed by atoms with Crippen molar-refractivity contribution in [3.63, 3.8) is 0 Å². The molecule has 74 valence electrons. The van der Waals surface area contributed by atoms with E-state index in [1.807, 2.05) is 0 Å². The van der Waals surface area contributed by atoms with Crippen molar-refractivity contribution in [1.82, 2.24) is 10.2 Å². The van der Waals surface area contributed by atoms with Gasteiger partial charge in [-0.25, -0.2) is 5.14 Å². The number of H-pyrrole nitrogens is 1. The summed E-state index contributed by atoms with van der Waals surface area (Å²) in [4.78, 5) is 0. The third kappa shape index (κ3) is 1.83. The van der Waals surface area contributed by atoms with E-state index in [2.05, 4.69) is 14.9 Å². The van der Waals surface area contributed by atoms with Gasteiger partial charge in [0.15, 0.2) is 0 Å². The van der Waals surface area contributed by atoms with Gasteiger partial charge in [-0.15, -0.1) is 0 Å². The fourth-order valence-corrected chi connectivity index (χ4v) is 1.62. The molecular formula is C7H8N4O2S. The Kier molecular flexibility index (Phi) is 1.90. The Labute approximate surface area is 80.3 Å². The molecular weight excluding hydrogens is 204 g/mol. The van der Waals surface area contributed by atoms with Gasteiger partial charge in [0.2, 0.25) is 0 Å². The lowest BCUT2D eigenvalue weighted by molar-refractivity contribution is 0.603. The Hall–Kier alpha value is -1.60. The van der Waals surface area contributed by atoms with Crippen LogP contribution in [-0.2, 0) is 10.2 Å². The number of nitrogens with one attached hydrogen (secondary N) is 2.